The minimum Gasteiger partial charge on any atom is -0.457 e. The Morgan fingerprint density at radius 2 is 1.84 bits per heavy atom. The van der Waals surface area contributed by atoms with Gasteiger partial charge < -0.3 is 10.1 Å². The fourth-order valence-electron chi connectivity index (χ4n) is 1.80. The molecule has 0 fully saturated rings. The summed E-state index contributed by atoms with van der Waals surface area (Å²) in [5, 5.41) is 3.30. The number of ether oxygens (including phenoxy) is 1. The molecule has 3 heteroatoms. The van der Waals surface area contributed by atoms with Crippen molar-refractivity contribution in [2.75, 3.05) is 6.54 Å². The molecule has 2 rings (SSSR count). The zero-order chi connectivity index (χ0) is 13.7. The van der Waals surface area contributed by atoms with Crippen molar-refractivity contribution in [2.45, 2.75) is 20.4 Å². The highest BCUT2D eigenvalue weighted by molar-refractivity contribution is 9.10. The molecule has 19 heavy (non-hydrogen) atoms. The second kappa shape index (κ2) is 6.73. The molecule has 0 bridgehead atoms. The van der Waals surface area contributed by atoms with Gasteiger partial charge in [0.2, 0.25) is 0 Å². The summed E-state index contributed by atoms with van der Waals surface area (Å²) in [6.07, 6.45) is 0. The third-order valence-electron chi connectivity index (χ3n) is 2.87. The second-order valence-corrected chi connectivity index (χ2v) is 5.35. The van der Waals surface area contributed by atoms with Gasteiger partial charge in [0.25, 0.3) is 0 Å². The molecular weight excluding hydrogens is 302 g/mol. The van der Waals surface area contributed by atoms with Gasteiger partial charge in [-0.1, -0.05) is 35.0 Å². The summed E-state index contributed by atoms with van der Waals surface area (Å²) in [4.78, 5) is 0. The largest absolute Gasteiger partial charge is 0.457 e. The highest BCUT2D eigenvalue weighted by atomic mass is 79.9. The van der Waals surface area contributed by atoms with Crippen molar-refractivity contribution in [1.29, 1.82) is 0 Å². The van der Waals surface area contributed by atoms with Crippen molar-refractivity contribution in [1.82, 2.24) is 5.32 Å². The maximum absolute atomic E-state index is 5.88. The molecule has 0 aromatic heterocycles. The fraction of sp³-hybridized carbons (Fsp3) is 0.250. The van der Waals surface area contributed by atoms with E-state index in [0.29, 0.717) is 0 Å². The number of halogens is 1. The van der Waals surface area contributed by atoms with E-state index < -0.39 is 0 Å². The lowest BCUT2D eigenvalue weighted by atomic mass is 10.2. The number of benzene rings is 2. The topological polar surface area (TPSA) is 21.3 Å². The highest BCUT2D eigenvalue weighted by Gasteiger charge is 2.02. The molecule has 2 nitrogen and oxygen atoms in total. The third kappa shape index (κ3) is 4.08. The fourth-order valence-corrected chi connectivity index (χ4v) is 2.27. The minimum atomic E-state index is 0.866. The predicted octanol–water partition coefficient (Wildman–Crippen LogP) is 4.66. The van der Waals surface area contributed by atoms with E-state index >= 15 is 0 Å². The maximum Gasteiger partial charge on any atom is 0.130 e. The van der Waals surface area contributed by atoms with Crippen LogP contribution in [0, 0.1) is 6.92 Å². The van der Waals surface area contributed by atoms with Gasteiger partial charge in [0.05, 0.1) is 0 Å². The summed E-state index contributed by atoms with van der Waals surface area (Å²) in [7, 11) is 0. The number of aryl methyl sites for hydroxylation is 1. The van der Waals surface area contributed by atoms with Crippen LogP contribution in [0.3, 0.4) is 0 Å². The van der Waals surface area contributed by atoms with Crippen LogP contribution in [0.25, 0.3) is 0 Å². The lowest BCUT2D eigenvalue weighted by Crippen LogP contribution is -2.11. The molecule has 0 spiro atoms. The van der Waals surface area contributed by atoms with Gasteiger partial charge in [-0.25, -0.2) is 0 Å². The van der Waals surface area contributed by atoms with Gasteiger partial charge in [-0.3, -0.25) is 0 Å². The molecule has 1 N–H and O–H groups in total. The van der Waals surface area contributed by atoms with Gasteiger partial charge in [-0.15, -0.1) is 0 Å². The van der Waals surface area contributed by atoms with Crippen LogP contribution in [-0.4, -0.2) is 6.54 Å². The van der Waals surface area contributed by atoms with Crippen LogP contribution in [0.5, 0.6) is 11.5 Å². The lowest BCUT2D eigenvalue weighted by Gasteiger charge is -2.10. The first kappa shape index (κ1) is 14.1. The molecule has 0 aliphatic carbocycles. The Morgan fingerprint density at radius 3 is 2.47 bits per heavy atom. The Kier molecular flexibility index (Phi) is 5.00. The summed E-state index contributed by atoms with van der Waals surface area (Å²) in [6.45, 7) is 6.03. The quantitative estimate of drug-likeness (QED) is 0.865. The molecule has 0 radical (unpaired) electrons. The zero-order valence-electron chi connectivity index (χ0n) is 11.2. The average Bonchev–Trinajstić information content (AvgIpc) is 2.41. The number of hydrogen-bond donors (Lipinski definition) is 1. The monoisotopic (exact) mass is 319 g/mol. The Labute approximate surface area is 122 Å². The van der Waals surface area contributed by atoms with Crippen LogP contribution in [0.4, 0.5) is 0 Å². The molecule has 0 amide bonds. The van der Waals surface area contributed by atoms with Crippen molar-refractivity contribution in [3.05, 3.63) is 58.1 Å². The molecule has 100 valence electrons. The lowest BCUT2D eigenvalue weighted by molar-refractivity contribution is 0.478. The number of rotatable bonds is 5. The average molecular weight is 320 g/mol. The van der Waals surface area contributed by atoms with Gasteiger partial charge in [0.1, 0.15) is 11.5 Å². The zero-order valence-corrected chi connectivity index (χ0v) is 12.8. The number of hydrogen-bond acceptors (Lipinski definition) is 2. The number of nitrogens with one attached hydrogen (secondary N) is 1. The van der Waals surface area contributed by atoms with Crippen LogP contribution < -0.4 is 10.1 Å². The smallest absolute Gasteiger partial charge is 0.130 e. The first-order valence-electron chi connectivity index (χ1n) is 6.42. The standard InChI is InChI=1S/C16H18BrNO/c1-3-18-11-13-4-7-15(8-5-13)19-16-9-6-14(17)10-12(16)2/h4-10,18H,3,11H2,1-2H3. The molecule has 0 saturated heterocycles. The summed E-state index contributed by atoms with van der Waals surface area (Å²) in [5.74, 6) is 1.76. The van der Waals surface area contributed by atoms with Gasteiger partial charge in [0, 0.05) is 11.0 Å². The molecule has 2 aromatic carbocycles. The normalized spacial score (nSPS) is 10.5. The Balaban J connectivity index is 2.06. The predicted molar refractivity (Wildman–Crippen MR) is 82.8 cm³/mol. The first-order valence-corrected chi connectivity index (χ1v) is 7.22. The van der Waals surface area contributed by atoms with E-state index in [9.17, 15) is 0 Å². The van der Waals surface area contributed by atoms with Gasteiger partial charge >= 0.3 is 0 Å². The first-order chi connectivity index (χ1) is 9.19. The van der Waals surface area contributed by atoms with Crippen molar-refractivity contribution in [2.24, 2.45) is 0 Å². The second-order valence-electron chi connectivity index (χ2n) is 4.44. The third-order valence-corrected chi connectivity index (χ3v) is 3.36. The molecule has 0 aliphatic heterocycles. The van der Waals surface area contributed by atoms with E-state index in [1.54, 1.807) is 0 Å². The van der Waals surface area contributed by atoms with Crippen molar-refractivity contribution in [3.63, 3.8) is 0 Å². The van der Waals surface area contributed by atoms with Gasteiger partial charge in [0.15, 0.2) is 0 Å². The molecule has 0 aliphatic rings. The molecule has 0 atom stereocenters. The van der Waals surface area contributed by atoms with E-state index in [1.165, 1.54) is 5.56 Å². The molecule has 2 aromatic rings. The van der Waals surface area contributed by atoms with Crippen molar-refractivity contribution < 1.29 is 4.74 Å². The molecule has 0 unspecified atom stereocenters. The highest BCUT2D eigenvalue weighted by Crippen LogP contribution is 2.27. The summed E-state index contributed by atoms with van der Waals surface area (Å²) >= 11 is 3.45. The summed E-state index contributed by atoms with van der Waals surface area (Å²) in [5.41, 5.74) is 2.38. The van der Waals surface area contributed by atoms with Crippen LogP contribution in [-0.2, 0) is 6.54 Å². The maximum atomic E-state index is 5.88. The van der Waals surface area contributed by atoms with E-state index in [4.69, 9.17) is 4.74 Å². The Hall–Kier alpha value is -1.32. The van der Waals surface area contributed by atoms with Gasteiger partial charge in [-0.2, -0.15) is 0 Å². The van der Waals surface area contributed by atoms with E-state index in [2.05, 4.69) is 46.4 Å². The van der Waals surface area contributed by atoms with Crippen molar-refractivity contribution in [3.8, 4) is 11.5 Å². The van der Waals surface area contributed by atoms with Gasteiger partial charge in [-0.05, 0) is 54.9 Å². The van der Waals surface area contributed by atoms with E-state index in [-0.39, 0.29) is 0 Å². The Morgan fingerprint density at radius 1 is 1.11 bits per heavy atom. The van der Waals surface area contributed by atoms with Crippen LogP contribution in [0.15, 0.2) is 46.9 Å². The molecular formula is C16H18BrNO. The van der Waals surface area contributed by atoms with Crippen LogP contribution in [0.2, 0.25) is 0 Å². The summed E-state index contributed by atoms with van der Waals surface area (Å²) < 4.78 is 6.95. The Bertz CT molecular complexity index is 537. The van der Waals surface area contributed by atoms with Crippen LogP contribution >= 0.6 is 15.9 Å². The SMILES string of the molecule is CCNCc1ccc(Oc2ccc(Br)cc2C)cc1. The minimum absolute atomic E-state index is 0.866. The van der Waals surface area contributed by atoms with E-state index in [1.807, 2.05) is 31.2 Å². The van der Waals surface area contributed by atoms with E-state index in [0.717, 1.165) is 34.6 Å². The van der Waals surface area contributed by atoms with Crippen LogP contribution in [0.1, 0.15) is 18.1 Å². The summed E-state index contributed by atoms with van der Waals surface area (Å²) in [6, 6.07) is 14.2. The molecule has 0 heterocycles. The van der Waals surface area contributed by atoms with Crippen molar-refractivity contribution >= 4 is 15.9 Å². The molecule has 0 saturated carbocycles.